The summed E-state index contributed by atoms with van der Waals surface area (Å²) in [6.45, 7) is 1.43. The van der Waals surface area contributed by atoms with Gasteiger partial charge in [-0.2, -0.15) is 0 Å². The second-order valence-electron chi connectivity index (χ2n) is 6.10. The number of benzene rings is 1. The smallest absolute Gasteiger partial charge is 0.317 e. The number of rotatable bonds is 5. The first-order chi connectivity index (χ1) is 12.4. The van der Waals surface area contributed by atoms with E-state index in [1.807, 2.05) is 18.2 Å². The highest BCUT2D eigenvalue weighted by molar-refractivity contribution is 7.91. The van der Waals surface area contributed by atoms with Crippen molar-refractivity contribution in [2.45, 2.75) is 29.6 Å². The maximum Gasteiger partial charge on any atom is 0.317 e. The van der Waals surface area contributed by atoms with Gasteiger partial charge < -0.3 is 10.2 Å². The Bertz CT molecular complexity index is 848. The Kier molecular flexibility index (Phi) is 6.18. The molecule has 1 aliphatic rings. The molecule has 26 heavy (non-hydrogen) atoms. The molecule has 1 aromatic heterocycles. The lowest BCUT2D eigenvalue weighted by molar-refractivity contribution is 0.179. The van der Waals surface area contributed by atoms with Crippen molar-refractivity contribution in [3.05, 3.63) is 52.4 Å². The van der Waals surface area contributed by atoms with Crippen LogP contribution in [0.1, 0.15) is 18.4 Å². The number of sulfonamides is 1. The van der Waals surface area contributed by atoms with E-state index in [0.717, 1.165) is 5.56 Å². The minimum absolute atomic E-state index is 0.149. The zero-order valence-electron chi connectivity index (χ0n) is 14.0. The van der Waals surface area contributed by atoms with E-state index in [0.29, 0.717) is 41.7 Å². The van der Waals surface area contributed by atoms with E-state index >= 15 is 0 Å². The zero-order valence-corrected chi connectivity index (χ0v) is 16.4. The van der Waals surface area contributed by atoms with Crippen LogP contribution in [0.15, 0.2) is 46.0 Å². The number of urea groups is 1. The molecule has 0 saturated carbocycles. The van der Waals surface area contributed by atoms with Crippen molar-refractivity contribution in [1.82, 2.24) is 14.9 Å². The van der Waals surface area contributed by atoms with Crippen LogP contribution >= 0.6 is 22.9 Å². The Balaban J connectivity index is 1.46. The summed E-state index contributed by atoms with van der Waals surface area (Å²) in [6, 6.07) is 10.3. The van der Waals surface area contributed by atoms with Gasteiger partial charge >= 0.3 is 6.03 Å². The third-order valence-corrected chi connectivity index (χ3v) is 7.35. The lowest BCUT2D eigenvalue weighted by Crippen LogP contribution is -2.49. The van der Waals surface area contributed by atoms with E-state index in [2.05, 4.69) is 10.0 Å². The summed E-state index contributed by atoms with van der Waals surface area (Å²) in [5, 5.41) is 5.25. The quantitative estimate of drug-likeness (QED) is 0.790. The van der Waals surface area contributed by atoms with Crippen molar-refractivity contribution in [3.8, 4) is 0 Å². The van der Waals surface area contributed by atoms with Gasteiger partial charge in [-0.1, -0.05) is 29.8 Å². The average molecular weight is 414 g/mol. The summed E-state index contributed by atoms with van der Waals surface area (Å²) in [4.78, 5) is 14.0. The molecule has 0 radical (unpaired) electrons. The molecule has 2 aromatic rings. The van der Waals surface area contributed by atoms with E-state index in [-0.39, 0.29) is 12.1 Å². The first-order valence-electron chi connectivity index (χ1n) is 8.27. The molecule has 0 unspecified atom stereocenters. The zero-order chi connectivity index (χ0) is 18.6. The first-order valence-corrected chi connectivity index (χ1v) is 11.0. The normalized spacial score (nSPS) is 15.8. The highest BCUT2D eigenvalue weighted by atomic mass is 35.5. The van der Waals surface area contributed by atoms with Gasteiger partial charge in [0.05, 0.1) is 0 Å². The molecule has 1 aromatic carbocycles. The van der Waals surface area contributed by atoms with Crippen LogP contribution in [-0.2, 0) is 16.6 Å². The third kappa shape index (κ3) is 4.97. The van der Waals surface area contributed by atoms with Crippen LogP contribution in [0.25, 0.3) is 0 Å². The number of hydrogen-bond acceptors (Lipinski definition) is 4. The Morgan fingerprint density at radius 3 is 2.65 bits per heavy atom. The van der Waals surface area contributed by atoms with Crippen molar-refractivity contribution in [2.24, 2.45) is 0 Å². The van der Waals surface area contributed by atoms with Crippen molar-refractivity contribution in [1.29, 1.82) is 0 Å². The van der Waals surface area contributed by atoms with Crippen LogP contribution in [0.2, 0.25) is 5.02 Å². The van der Waals surface area contributed by atoms with Crippen molar-refractivity contribution in [2.75, 3.05) is 13.1 Å². The van der Waals surface area contributed by atoms with Gasteiger partial charge in [0.25, 0.3) is 0 Å². The molecule has 1 saturated heterocycles. The third-order valence-electron chi connectivity index (χ3n) is 4.20. The van der Waals surface area contributed by atoms with Gasteiger partial charge in [-0.25, -0.2) is 17.9 Å². The number of likely N-dealkylation sites (tertiary alicyclic amines) is 1. The molecule has 0 atom stereocenters. The summed E-state index contributed by atoms with van der Waals surface area (Å²) in [6.07, 6.45) is 1.18. The molecule has 3 rings (SSSR count). The minimum Gasteiger partial charge on any atom is -0.334 e. The van der Waals surface area contributed by atoms with Crippen LogP contribution < -0.4 is 10.0 Å². The van der Waals surface area contributed by atoms with Crippen molar-refractivity contribution in [3.63, 3.8) is 0 Å². The molecular weight excluding hydrogens is 394 g/mol. The Morgan fingerprint density at radius 2 is 2.00 bits per heavy atom. The molecule has 2 amide bonds. The Hall–Kier alpha value is -1.61. The van der Waals surface area contributed by atoms with Crippen LogP contribution in [0, 0.1) is 0 Å². The molecule has 6 nitrogen and oxygen atoms in total. The predicted molar refractivity (Wildman–Crippen MR) is 103 cm³/mol. The molecule has 0 bridgehead atoms. The van der Waals surface area contributed by atoms with Gasteiger partial charge in [0, 0.05) is 30.7 Å². The van der Waals surface area contributed by atoms with Gasteiger partial charge in [-0.3, -0.25) is 0 Å². The number of nitrogens with zero attached hydrogens (tertiary/aromatic N) is 1. The number of amides is 2. The van der Waals surface area contributed by atoms with E-state index in [4.69, 9.17) is 11.6 Å². The molecule has 2 N–H and O–H groups in total. The van der Waals surface area contributed by atoms with Crippen molar-refractivity contribution >= 4 is 39.0 Å². The lowest BCUT2D eigenvalue weighted by Gasteiger charge is -2.32. The van der Waals surface area contributed by atoms with E-state index in [1.54, 1.807) is 28.5 Å². The van der Waals surface area contributed by atoms with E-state index in [9.17, 15) is 13.2 Å². The fraction of sp³-hybridized carbons (Fsp3) is 0.353. The number of carbonyl (C=O) groups excluding carboxylic acids is 1. The van der Waals surface area contributed by atoms with E-state index in [1.165, 1.54) is 11.3 Å². The van der Waals surface area contributed by atoms with Crippen LogP contribution in [-0.4, -0.2) is 38.5 Å². The van der Waals surface area contributed by atoms with Gasteiger partial charge in [0.15, 0.2) is 0 Å². The molecule has 0 spiro atoms. The van der Waals surface area contributed by atoms with Crippen LogP contribution in [0.4, 0.5) is 4.79 Å². The standard InChI is InChI=1S/C17H20ClN3O3S2/c18-14-4-1-3-13(11-14)12-19-17(22)21-8-6-15(7-9-21)20-26(23,24)16-5-2-10-25-16/h1-5,10-11,15,20H,6-9,12H2,(H,19,22). The van der Waals surface area contributed by atoms with Crippen LogP contribution in [0.5, 0.6) is 0 Å². The number of thiophene rings is 1. The average Bonchev–Trinajstić information content (AvgIpc) is 3.16. The highest BCUT2D eigenvalue weighted by Gasteiger charge is 2.27. The topological polar surface area (TPSA) is 78.5 Å². The number of nitrogens with one attached hydrogen (secondary N) is 2. The number of halogens is 1. The molecular formula is C17H20ClN3O3S2. The molecule has 9 heteroatoms. The molecule has 1 fully saturated rings. The maximum atomic E-state index is 12.3. The lowest BCUT2D eigenvalue weighted by atomic mass is 10.1. The summed E-state index contributed by atoms with van der Waals surface area (Å²) >= 11 is 7.13. The predicted octanol–water partition coefficient (Wildman–Crippen LogP) is 3.05. The fourth-order valence-electron chi connectivity index (χ4n) is 2.83. The molecule has 0 aliphatic carbocycles. The monoisotopic (exact) mass is 413 g/mol. The Labute approximate surface area is 162 Å². The number of hydrogen-bond donors (Lipinski definition) is 2. The summed E-state index contributed by atoms with van der Waals surface area (Å²) in [5.74, 6) is 0. The van der Waals surface area contributed by atoms with Gasteiger partial charge in [-0.05, 0) is 42.0 Å². The second-order valence-corrected chi connectivity index (χ2v) is 9.43. The largest absolute Gasteiger partial charge is 0.334 e. The summed E-state index contributed by atoms with van der Waals surface area (Å²) in [5.41, 5.74) is 0.935. The van der Waals surface area contributed by atoms with Gasteiger partial charge in [-0.15, -0.1) is 11.3 Å². The molecule has 2 heterocycles. The Morgan fingerprint density at radius 1 is 1.23 bits per heavy atom. The van der Waals surface area contributed by atoms with Gasteiger partial charge in [0.2, 0.25) is 10.0 Å². The number of carbonyl (C=O) groups is 1. The summed E-state index contributed by atoms with van der Waals surface area (Å²) in [7, 11) is -3.47. The van der Waals surface area contributed by atoms with Gasteiger partial charge in [0.1, 0.15) is 4.21 Å². The van der Waals surface area contributed by atoms with E-state index < -0.39 is 10.0 Å². The fourth-order valence-corrected chi connectivity index (χ4v) is 5.36. The SMILES string of the molecule is O=C(NCc1cccc(Cl)c1)N1CCC(NS(=O)(=O)c2cccs2)CC1. The first kappa shape index (κ1) is 19.2. The minimum atomic E-state index is -3.47. The maximum absolute atomic E-state index is 12.3. The number of piperidine rings is 1. The molecule has 1 aliphatic heterocycles. The second kappa shape index (κ2) is 8.39. The van der Waals surface area contributed by atoms with Crippen molar-refractivity contribution < 1.29 is 13.2 Å². The highest BCUT2D eigenvalue weighted by Crippen LogP contribution is 2.19. The molecule has 140 valence electrons. The van der Waals surface area contributed by atoms with Crippen LogP contribution in [0.3, 0.4) is 0 Å². The summed E-state index contributed by atoms with van der Waals surface area (Å²) < 4.78 is 27.6.